The number of aromatic nitrogens is 2. The van der Waals surface area contributed by atoms with Crippen LogP contribution in [0.5, 0.6) is 11.5 Å². The summed E-state index contributed by atoms with van der Waals surface area (Å²) in [6.45, 7) is 3.66. The molecule has 0 amide bonds. The first kappa shape index (κ1) is 14.8. The van der Waals surface area contributed by atoms with Crippen molar-refractivity contribution in [1.29, 1.82) is 0 Å². The molecule has 2 rings (SSSR count). The lowest BCUT2D eigenvalue weighted by atomic mass is 10.2. The molecule has 5 nitrogen and oxygen atoms in total. The van der Waals surface area contributed by atoms with Crippen LogP contribution in [0.15, 0.2) is 30.5 Å². The lowest BCUT2D eigenvalue weighted by Crippen LogP contribution is -2.07. The molecule has 1 aromatic heterocycles. The molecule has 1 aromatic carbocycles. The van der Waals surface area contributed by atoms with Crippen LogP contribution >= 0.6 is 0 Å². The van der Waals surface area contributed by atoms with Crippen molar-refractivity contribution in [2.24, 2.45) is 0 Å². The Morgan fingerprint density at radius 3 is 2.48 bits per heavy atom. The van der Waals surface area contributed by atoms with Gasteiger partial charge >= 0.3 is 0 Å². The van der Waals surface area contributed by atoms with E-state index in [1.165, 1.54) is 10.6 Å². The molecular weight excluding hydrogens is 268 g/mol. The zero-order valence-electron chi connectivity index (χ0n) is 12.6. The Kier molecular flexibility index (Phi) is 4.42. The van der Waals surface area contributed by atoms with Gasteiger partial charge in [0.25, 0.3) is 5.91 Å². The average molecular weight is 286 g/mol. The Balaban J connectivity index is 2.21. The van der Waals surface area contributed by atoms with Crippen LogP contribution in [0.3, 0.4) is 0 Å². The van der Waals surface area contributed by atoms with Crippen LogP contribution in [-0.4, -0.2) is 29.7 Å². The van der Waals surface area contributed by atoms with E-state index in [4.69, 9.17) is 9.47 Å². The number of benzene rings is 1. The van der Waals surface area contributed by atoms with Gasteiger partial charge in [0.2, 0.25) is 0 Å². The third kappa shape index (κ3) is 3.31. The van der Waals surface area contributed by atoms with Gasteiger partial charge in [-0.2, -0.15) is 0 Å². The molecule has 110 valence electrons. The quantitative estimate of drug-likeness (QED) is 0.811. The van der Waals surface area contributed by atoms with E-state index in [9.17, 15) is 4.79 Å². The van der Waals surface area contributed by atoms with Crippen molar-refractivity contribution < 1.29 is 14.3 Å². The van der Waals surface area contributed by atoms with Gasteiger partial charge in [-0.15, -0.1) is 0 Å². The zero-order chi connectivity index (χ0) is 15.4. The standard InChI is InChI=1S/C16H18N2O3/c1-11-10-18(12(2)17-11)16(19)8-6-13-5-7-14(20-3)15(9-13)21-4/h5-10H,1-4H3. The molecule has 0 fully saturated rings. The normalized spacial score (nSPS) is 10.9. The molecule has 0 aliphatic rings. The van der Waals surface area contributed by atoms with Gasteiger partial charge < -0.3 is 9.47 Å². The fourth-order valence-electron chi connectivity index (χ4n) is 2.05. The number of hydrogen-bond acceptors (Lipinski definition) is 4. The van der Waals surface area contributed by atoms with E-state index in [0.29, 0.717) is 17.3 Å². The highest BCUT2D eigenvalue weighted by Crippen LogP contribution is 2.27. The van der Waals surface area contributed by atoms with E-state index in [1.807, 2.05) is 19.1 Å². The Morgan fingerprint density at radius 2 is 1.90 bits per heavy atom. The van der Waals surface area contributed by atoms with Crippen molar-refractivity contribution in [2.45, 2.75) is 13.8 Å². The van der Waals surface area contributed by atoms with E-state index in [1.54, 1.807) is 39.5 Å². The lowest BCUT2D eigenvalue weighted by Gasteiger charge is -2.07. The minimum atomic E-state index is -0.136. The molecule has 0 unspecified atom stereocenters. The van der Waals surface area contributed by atoms with Crippen LogP contribution in [0.2, 0.25) is 0 Å². The SMILES string of the molecule is COc1ccc(C=CC(=O)n2cc(C)nc2C)cc1OC. The Morgan fingerprint density at radius 1 is 1.19 bits per heavy atom. The largest absolute Gasteiger partial charge is 0.493 e. The number of allylic oxidation sites excluding steroid dienone is 1. The van der Waals surface area contributed by atoms with Crippen molar-refractivity contribution in [2.75, 3.05) is 14.2 Å². The topological polar surface area (TPSA) is 53.4 Å². The lowest BCUT2D eigenvalue weighted by molar-refractivity contribution is 0.0967. The summed E-state index contributed by atoms with van der Waals surface area (Å²) >= 11 is 0. The Labute approximate surface area is 123 Å². The summed E-state index contributed by atoms with van der Waals surface area (Å²) in [4.78, 5) is 16.3. The molecule has 0 saturated carbocycles. The number of carbonyl (C=O) groups is 1. The highest BCUT2D eigenvalue weighted by atomic mass is 16.5. The first-order valence-corrected chi connectivity index (χ1v) is 6.52. The van der Waals surface area contributed by atoms with Crippen LogP contribution in [0.4, 0.5) is 0 Å². The Bertz CT molecular complexity index is 687. The van der Waals surface area contributed by atoms with Crippen LogP contribution in [0, 0.1) is 13.8 Å². The maximum absolute atomic E-state index is 12.1. The first-order valence-electron chi connectivity index (χ1n) is 6.52. The maximum atomic E-state index is 12.1. The minimum absolute atomic E-state index is 0.136. The van der Waals surface area contributed by atoms with Crippen LogP contribution in [0.1, 0.15) is 21.9 Å². The van der Waals surface area contributed by atoms with Gasteiger partial charge in [0, 0.05) is 12.3 Å². The summed E-state index contributed by atoms with van der Waals surface area (Å²) in [6.07, 6.45) is 4.96. The predicted molar refractivity (Wildman–Crippen MR) is 80.9 cm³/mol. The van der Waals surface area contributed by atoms with Gasteiger partial charge in [0.05, 0.1) is 19.9 Å². The van der Waals surface area contributed by atoms with Crippen LogP contribution in [0.25, 0.3) is 6.08 Å². The summed E-state index contributed by atoms with van der Waals surface area (Å²) in [5, 5.41) is 0. The third-order valence-electron chi connectivity index (χ3n) is 3.07. The molecule has 21 heavy (non-hydrogen) atoms. The van der Waals surface area contributed by atoms with Crippen molar-refractivity contribution in [3.8, 4) is 11.5 Å². The fraction of sp³-hybridized carbons (Fsp3) is 0.250. The van der Waals surface area contributed by atoms with Crippen molar-refractivity contribution in [3.05, 3.63) is 47.6 Å². The summed E-state index contributed by atoms with van der Waals surface area (Å²) in [6, 6.07) is 5.47. The zero-order valence-corrected chi connectivity index (χ0v) is 12.6. The molecule has 0 aliphatic carbocycles. The second-order valence-electron chi connectivity index (χ2n) is 4.59. The molecule has 0 saturated heterocycles. The van der Waals surface area contributed by atoms with Crippen molar-refractivity contribution >= 4 is 12.0 Å². The third-order valence-corrected chi connectivity index (χ3v) is 3.07. The van der Waals surface area contributed by atoms with Crippen LogP contribution < -0.4 is 9.47 Å². The van der Waals surface area contributed by atoms with Gasteiger partial charge in [0.15, 0.2) is 11.5 Å². The molecule has 1 heterocycles. The summed E-state index contributed by atoms with van der Waals surface area (Å²) < 4.78 is 11.9. The number of hydrogen-bond donors (Lipinski definition) is 0. The number of ether oxygens (including phenoxy) is 2. The monoisotopic (exact) mass is 286 g/mol. The highest BCUT2D eigenvalue weighted by molar-refractivity contribution is 5.94. The number of carbonyl (C=O) groups excluding carboxylic acids is 1. The Hall–Kier alpha value is -2.56. The number of imidazole rings is 1. The van der Waals surface area contributed by atoms with Gasteiger partial charge in [-0.1, -0.05) is 6.07 Å². The van der Waals surface area contributed by atoms with E-state index in [2.05, 4.69) is 4.98 Å². The molecule has 5 heteroatoms. The smallest absolute Gasteiger partial charge is 0.256 e. The second-order valence-corrected chi connectivity index (χ2v) is 4.59. The van der Waals surface area contributed by atoms with Crippen LogP contribution in [-0.2, 0) is 0 Å². The fourth-order valence-corrected chi connectivity index (χ4v) is 2.05. The predicted octanol–water partition coefficient (Wildman–Crippen LogP) is 2.87. The summed E-state index contributed by atoms with van der Waals surface area (Å²) in [5.74, 6) is 1.82. The maximum Gasteiger partial charge on any atom is 0.256 e. The average Bonchev–Trinajstić information content (AvgIpc) is 2.83. The molecule has 2 aromatic rings. The number of methoxy groups -OCH3 is 2. The number of nitrogens with zero attached hydrogens (tertiary/aromatic N) is 2. The number of rotatable bonds is 4. The molecular formula is C16H18N2O3. The van der Waals surface area contributed by atoms with E-state index in [-0.39, 0.29) is 5.91 Å². The van der Waals surface area contributed by atoms with Crippen molar-refractivity contribution in [1.82, 2.24) is 9.55 Å². The highest BCUT2D eigenvalue weighted by Gasteiger charge is 2.07. The van der Waals surface area contributed by atoms with E-state index in [0.717, 1.165) is 11.3 Å². The minimum Gasteiger partial charge on any atom is -0.493 e. The molecule has 0 bridgehead atoms. The van der Waals surface area contributed by atoms with E-state index < -0.39 is 0 Å². The second kappa shape index (κ2) is 6.26. The van der Waals surface area contributed by atoms with Gasteiger partial charge in [-0.05, 0) is 37.6 Å². The van der Waals surface area contributed by atoms with Gasteiger partial charge in [-0.3, -0.25) is 9.36 Å². The molecule has 0 N–H and O–H groups in total. The summed E-state index contributed by atoms with van der Waals surface area (Å²) in [7, 11) is 3.16. The van der Waals surface area contributed by atoms with Gasteiger partial charge in [-0.25, -0.2) is 4.98 Å². The molecule has 0 spiro atoms. The summed E-state index contributed by atoms with van der Waals surface area (Å²) in [5.41, 5.74) is 1.68. The van der Waals surface area contributed by atoms with Gasteiger partial charge in [0.1, 0.15) is 5.82 Å². The number of aryl methyl sites for hydroxylation is 2. The molecule has 0 radical (unpaired) electrons. The molecule has 0 aliphatic heterocycles. The van der Waals surface area contributed by atoms with E-state index >= 15 is 0 Å². The molecule has 0 atom stereocenters. The first-order chi connectivity index (χ1) is 10.0. The van der Waals surface area contributed by atoms with Crippen molar-refractivity contribution in [3.63, 3.8) is 0 Å².